The van der Waals surface area contributed by atoms with Gasteiger partial charge in [-0.25, -0.2) is 9.59 Å². The number of rotatable bonds is 9. The molecule has 0 amide bonds. The SMILES string of the molecule is COC(=O)C1=C(C)NC(N)=C(C(=O)OCCN(C)Cc2ccccc2)C1c1cccc([N+](=O)[O-])c1. The summed E-state index contributed by atoms with van der Waals surface area (Å²) in [5, 5.41) is 14.2. The largest absolute Gasteiger partial charge is 0.466 e. The molecule has 0 saturated heterocycles. The van der Waals surface area contributed by atoms with Crippen molar-refractivity contribution in [3.05, 3.63) is 98.5 Å². The predicted molar refractivity (Wildman–Crippen MR) is 129 cm³/mol. The highest BCUT2D eigenvalue weighted by molar-refractivity contribution is 5.99. The third kappa shape index (κ3) is 6.04. The number of nitro benzene ring substituents is 1. The van der Waals surface area contributed by atoms with Crippen LogP contribution in [0.15, 0.2) is 77.3 Å². The highest BCUT2D eigenvalue weighted by atomic mass is 16.6. The molecule has 10 heteroatoms. The molecular formula is C25H28N4O6. The lowest BCUT2D eigenvalue weighted by Crippen LogP contribution is -2.36. The molecule has 0 aliphatic carbocycles. The summed E-state index contributed by atoms with van der Waals surface area (Å²) in [6, 6.07) is 15.6. The molecule has 1 unspecified atom stereocenters. The molecule has 184 valence electrons. The number of esters is 2. The van der Waals surface area contributed by atoms with Crippen LogP contribution in [0.2, 0.25) is 0 Å². The van der Waals surface area contributed by atoms with Crippen LogP contribution in [0.5, 0.6) is 0 Å². The Balaban J connectivity index is 1.84. The van der Waals surface area contributed by atoms with Gasteiger partial charge in [-0.2, -0.15) is 0 Å². The Morgan fingerprint density at radius 1 is 1.11 bits per heavy atom. The van der Waals surface area contributed by atoms with Crippen molar-refractivity contribution in [1.82, 2.24) is 10.2 Å². The predicted octanol–water partition coefficient (Wildman–Crippen LogP) is 2.57. The van der Waals surface area contributed by atoms with Gasteiger partial charge in [-0.15, -0.1) is 0 Å². The first-order chi connectivity index (χ1) is 16.7. The van der Waals surface area contributed by atoms with E-state index in [2.05, 4.69) is 5.32 Å². The van der Waals surface area contributed by atoms with E-state index in [1.807, 2.05) is 42.3 Å². The van der Waals surface area contributed by atoms with E-state index in [0.717, 1.165) is 5.56 Å². The minimum Gasteiger partial charge on any atom is -0.466 e. The number of likely N-dealkylation sites (N-methyl/N-ethyl adjacent to an activating group) is 1. The van der Waals surface area contributed by atoms with Gasteiger partial charge in [-0.3, -0.25) is 15.0 Å². The van der Waals surface area contributed by atoms with Crippen molar-refractivity contribution < 1.29 is 24.0 Å². The quantitative estimate of drug-likeness (QED) is 0.315. The van der Waals surface area contributed by atoms with Crippen molar-refractivity contribution in [2.24, 2.45) is 5.73 Å². The molecule has 3 rings (SSSR count). The molecule has 0 radical (unpaired) electrons. The first-order valence-electron chi connectivity index (χ1n) is 10.9. The molecule has 0 saturated carbocycles. The second kappa shape index (κ2) is 11.3. The van der Waals surface area contributed by atoms with Gasteiger partial charge in [0.1, 0.15) is 12.4 Å². The van der Waals surface area contributed by atoms with Crippen LogP contribution < -0.4 is 11.1 Å². The summed E-state index contributed by atoms with van der Waals surface area (Å²) in [6.45, 7) is 2.83. The minimum atomic E-state index is -1.00. The number of nitro groups is 1. The number of hydrogen-bond donors (Lipinski definition) is 2. The Kier molecular flexibility index (Phi) is 8.21. The average molecular weight is 481 g/mol. The van der Waals surface area contributed by atoms with Crippen LogP contribution >= 0.6 is 0 Å². The monoisotopic (exact) mass is 480 g/mol. The topological polar surface area (TPSA) is 137 Å². The summed E-state index contributed by atoms with van der Waals surface area (Å²) in [5.41, 5.74) is 7.94. The van der Waals surface area contributed by atoms with E-state index in [4.69, 9.17) is 15.2 Å². The second-order valence-corrected chi connectivity index (χ2v) is 8.13. The van der Waals surface area contributed by atoms with Crippen molar-refractivity contribution in [2.75, 3.05) is 27.3 Å². The van der Waals surface area contributed by atoms with Crippen molar-refractivity contribution in [2.45, 2.75) is 19.4 Å². The van der Waals surface area contributed by atoms with Crippen molar-refractivity contribution >= 4 is 17.6 Å². The zero-order valence-electron chi connectivity index (χ0n) is 19.8. The normalized spacial score (nSPS) is 15.6. The van der Waals surface area contributed by atoms with Gasteiger partial charge in [0.25, 0.3) is 5.69 Å². The van der Waals surface area contributed by atoms with Crippen LogP contribution in [0.1, 0.15) is 24.0 Å². The van der Waals surface area contributed by atoms with Gasteiger partial charge in [0.15, 0.2) is 0 Å². The Morgan fingerprint density at radius 2 is 1.83 bits per heavy atom. The van der Waals surface area contributed by atoms with Crippen LogP contribution in [0.3, 0.4) is 0 Å². The van der Waals surface area contributed by atoms with Gasteiger partial charge in [-0.1, -0.05) is 42.5 Å². The highest BCUT2D eigenvalue weighted by Crippen LogP contribution is 2.39. The lowest BCUT2D eigenvalue weighted by Gasteiger charge is -2.29. The number of nitrogens with one attached hydrogen (secondary N) is 1. The smallest absolute Gasteiger partial charge is 0.338 e. The first kappa shape index (κ1) is 25.4. The summed E-state index contributed by atoms with van der Waals surface area (Å²) in [7, 11) is 3.12. The number of allylic oxidation sites excluding steroid dienone is 1. The Hall–Kier alpha value is -4.18. The van der Waals surface area contributed by atoms with Crippen molar-refractivity contribution in [3.8, 4) is 0 Å². The van der Waals surface area contributed by atoms with Crippen LogP contribution in [0, 0.1) is 10.1 Å². The molecule has 2 aromatic rings. The maximum Gasteiger partial charge on any atom is 0.338 e. The summed E-state index contributed by atoms with van der Waals surface area (Å²) in [5.74, 6) is -2.41. The van der Waals surface area contributed by atoms with Gasteiger partial charge >= 0.3 is 11.9 Å². The van der Waals surface area contributed by atoms with Gasteiger partial charge in [0.2, 0.25) is 0 Å². The summed E-state index contributed by atoms with van der Waals surface area (Å²) in [4.78, 5) is 38.6. The molecule has 35 heavy (non-hydrogen) atoms. The molecule has 3 N–H and O–H groups in total. The van der Waals surface area contributed by atoms with Crippen molar-refractivity contribution in [3.63, 3.8) is 0 Å². The lowest BCUT2D eigenvalue weighted by molar-refractivity contribution is -0.384. The van der Waals surface area contributed by atoms with Crippen molar-refractivity contribution in [1.29, 1.82) is 0 Å². The van der Waals surface area contributed by atoms with E-state index < -0.39 is 22.8 Å². The number of ether oxygens (including phenoxy) is 2. The molecule has 1 aliphatic heterocycles. The van der Waals surface area contributed by atoms with E-state index in [-0.39, 0.29) is 29.3 Å². The number of carbonyl (C=O) groups excluding carboxylic acids is 2. The Bertz CT molecular complexity index is 1180. The average Bonchev–Trinajstić information content (AvgIpc) is 2.83. The number of methoxy groups -OCH3 is 1. The molecule has 2 aromatic carbocycles. The molecule has 0 aromatic heterocycles. The van der Waals surface area contributed by atoms with E-state index in [0.29, 0.717) is 24.4 Å². The number of carbonyl (C=O) groups is 2. The van der Waals surface area contributed by atoms with Gasteiger partial charge in [-0.05, 0) is 25.1 Å². The third-order valence-corrected chi connectivity index (χ3v) is 5.63. The van der Waals surface area contributed by atoms with E-state index in [1.54, 1.807) is 13.0 Å². The Morgan fingerprint density at radius 3 is 2.49 bits per heavy atom. The fourth-order valence-corrected chi connectivity index (χ4v) is 3.96. The molecule has 1 aliphatic rings. The molecule has 0 bridgehead atoms. The minimum absolute atomic E-state index is 0.00861. The maximum absolute atomic E-state index is 13.2. The molecular weight excluding hydrogens is 452 g/mol. The molecule has 10 nitrogen and oxygen atoms in total. The lowest BCUT2D eigenvalue weighted by atomic mass is 9.81. The molecule has 0 fully saturated rings. The van der Waals surface area contributed by atoms with Crippen LogP contribution in [0.25, 0.3) is 0 Å². The Labute approximate surface area is 203 Å². The van der Waals surface area contributed by atoms with Gasteiger partial charge in [0, 0.05) is 30.9 Å². The van der Waals surface area contributed by atoms with E-state index in [9.17, 15) is 19.7 Å². The number of non-ortho nitro benzene ring substituents is 1. The van der Waals surface area contributed by atoms with Crippen LogP contribution in [-0.4, -0.2) is 49.1 Å². The molecule has 1 heterocycles. The van der Waals surface area contributed by atoms with E-state index >= 15 is 0 Å². The number of nitrogens with zero attached hydrogens (tertiary/aromatic N) is 2. The zero-order chi connectivity index (χ0) is 25.5. The highest BCUT2D eigenvalue weighted by Gasteiger charge is 2.39. The molecule has 1 atom stereocenters. The summed E-state index contributed by atoms with van der Waals surface area (Å²) >= 11 is 0. The van der Waals surface area contributed by atoms with Gasteiger partial charge < -0.3 is 20.5 Å². The standard InChI is InChI=1S/C25H28N4O6/c1-16-20(24(30)34-3)21(18-10-7-11-19(14-18)29(32)33)22(23(26)27-16)25(31)35-13-12-28(2)15-17-8-5-4-6-9-17/h4-11,14,21,27H,12-13,15,26H2,1-3H3. The maximum atomic E-state index is 13.2. The van der Waals surface area contributed by atoms with Crippen LogP contribution in [-0.2, 0) is 25.6 Å². The summed E-state index contributed by atoms with van der Waals surface area (Å²) < 4.78 is 10.4. The third-order valence-electron chi connectivity index (χ3n) is 5.63. The number of dihydropyridines is 1. The fourth-order valence-electron chi connectivity index (χ4n) is 3.96. The summed E-state index contributed by atoms with van der Waals surface area (Å²) in [6.07, 6.45) is 0. The number of benzene rings is 2. The number of hydrogen-bond acceptors (Lipinski definition) is 9. The number of nitrogens with two attached hydrogens (primary N) is 1. The van der Waals surface area contributed by atoms with E-state index in [1.165, 1.54) is 25.3 Å². The van der Waals surface area contributed by atoms with Crippen LogP contribution in [0.4, 0.5) is 5.69 Å². The first-order valence-corrected chi connectivity index (χ1v) is 10.9. The molecule has 0 spiro atoms. The zero-order valence-corrected chi connectivity index (χ0v) is 19.8. The van der Waals surface area contributed by atoms with Gasteiger partial charge in [0.05, 0.1) is 29.1 Å². The second-order valence-electron chi connectivity index (χ2n) is 8.13. The fraction of sp³-hybridized carbons (Fsp3) is 0.280.